The van der Waals surface area contributed by atoms with E-state index >= 15 is 0 Å². The Hall–Kier alpha value is -2.70. The standard InChI is InChI=1S/C13H12N2O5/c1-3-20-13-10(11(16)12(13)17)14-9-6-8(15(18)19)5-4-7(9)2/h4-6,14H,3H2,1-2H3. The molecule has 0 aliphatic carbocycles. The second kappa shape index (κ2) is 5.12. The summed E-state index contributed by atoms with van der Waals surface area (Å²) in [6.45, 7) is 3.69. The predicted molar refractivity (Wildman–Crippen MR) is 73.6 cm³/mol. The van der Waals surface area contributed by atoms with E-state index in [1.165, 1.54) is 12.1 Å². The molecule has 20 heavy (non-hydrogen) atoms. The van der Waals surface area contributed by atoms with Gasteiger partial charge in [0.1, 0.15) is 5.69 Å². The first-order valence-electron chi connectivity index (χ1n) is 5.93. The number of nitro benzene ring substituents is 1. The highest BCUT2D eigenvalue weighted by Gasteiger charge is 2.23. The third-order valence-corrected chi connectivity index (χ3v) is 2.85. The Balaban J connectivity index is 2.38. The molecule has 0 aliphatic heterocycles. The Labute approximate surface area is 113 Å². The number of aryl methyl sites for hydroxylation is 1. The topological polar surface area (TPSA) is 98.5 Å². The zero-order chi connectivity index (χ0) is 14.9. The normalized spacial score (nSPS) is 10.5. The quantitative estimate of drug-likeness (QED) is 0.506. The fourth-order valence-corrected chi connectivity index (χ4v) is 1.76. The lowest BCUT2D eigenvalue weighted by atomic mass is 10.1. The van der Waals surface area contributed by atoms with Gasteiger partial charge < -0.3 is 10.1 Å². The summed E-state index contributed by atoms with van der Waals surface area (Å²) >= 11 is 0. The van der Waals surface area contributed by atoms with Crippen LogP contribution in [0.1, 0.15) is 12.5 Å². The van der Waals surface area contributed by atoms with Crippen molar-refractivity contribution in [1.29, 1.82) is 0 Å². The van der Waals surface area contributed by atoms with Crippen LogP contribution in [-0.2, 0) is 0 Å². The molecule has 0 radical (unpaired) electrons. The van der Waals surface area contributed by atoms with Gasteiger partial charge in [0, 0.05) is 17.8 Å². The molecule has 0 saturated heterocycles. The lowest BCUT2D eigenvalue weighted by molar-refractivity contribution is -0.384. The van der Waals surface area contributed by atoms with Gasteiger partial charge in [-0.2, -0.15) is 0 Å². The van der Waals surface area contributed by atoms with Gasteiger partial charge in [-0.25, -0.2) is 0 Å². The largest absolute Gasteiger partial charge is 0.488 e. The summed E-state index contributed by atoms with van der Waals surface area (Å²) in [5.74, 6) is -0.0246. The smallest absolute Gasteiger partial charge is 0.272 e. The van der Waals surface area contributed by atoms with E-state index in [4.69, 9.17) is 4.74 Å². The summed E-state index contributed by atoms with van der Waals surface area (Å²) < 4.78 is 5.08. The minimum absolute atomic E-state index is 0.0246. The second-order valence-corrected chi connectivity index (χ2v) is 4.18. The van der Waals surface area contributed by atoms with Crippen LogP contribution >= 0.6 is 0 Å². The maximum Gasteiger partial charge on any atom is 0.272 e. The molecule has 0 fully saturated rings. The number of ether oxygens (including phenoxy) is 1. The molecule has 0 saturated carbocycles. The van der Waals surface area contributed by atoms with E-state index in [0.717, 1.165) is 0 Å². The number of benzene rings is 1. The molecule has 0 aromatic heterocycles. The van der Waals surface area contributed by atoms with E-state index in [-0.39, 0.29) is 23.7 Å². The number of hydrogen-bond acceptors (Lipinski definition) is 6. The SMILES string of the molecule is CCOc1c(Nc2cc([N+](=O)[O-])ccc2C)c(=O)c1=O. The zero-order valence-electron chi connectivity index (χ0n) is 10.9. The highest BCUT2D eigenvalue weighted by Crippen LogP contribution is 2.27. The van der Waals surface area contributed by atoms with Crippen molar-refractivity contribution in [3.63, 3.8) is 0 Å². The van der Waals surface area contributed by atoms with E-state index in [9.17, 15) is 19.7 Å². The van der Waals surface area contributed by atoms with Crippen molar-refractivity contribution in [3.8, 4) is 5.75 Å². The molecule has 0 atom stereocenters. The van der Waals surface area contributed by atoms with Crippen LogP contribution in [0, 0.1) is 17.0 Å². The molecule has 0 aliphatic rings. The number of nitrogens with zero attached hydrogens (tertiary/aromatic N) is 1. The average Bonchev–Trinajstić information content (AvgIpc) is 2.43. The van der Waals surface area contributed by atoms with Crippen LogP contribution < -0.4 is 20.9 Å². The number of hydrogen-bond donors (Lipinski definition) is 1. The van der Waals surface area contributed by atoms with E-state index < -0.39 is 15.8 Å². The van der Waals surface area contributed by atoms with Gasteiger partial charge in [-0.3, -0.25) is 19.7 Å². The summed E-state index contributed by atoms with van der Waals surface area (Å²) in [4.78, 5) is 33.0. The summed E-state index contributed by atoms with van der Waals surface area (Å²) in [5.41, 5.74) is -0.314. The molecule has 2 rings (SSSR count). The lowest BCUT2D eigenvalue weighted by Crippen LogP contribution is -2.35. The van der Waals surface area contributed by atoms with Crippen LogP contribution in [0.15, 0.2) is 27.8 Å². The van der Waals surface area contributed by atoms with Gasteiger partial charge in [-0.05, 0) is 19.4 Å². The monoisotopic (exact) mass is 276 g/mol. The van der Waals surface area contributed by atoms with Gasteiger partial charge in [-0.1, -0.05) is 6.07 Å². The van der Waals surface area contributed by atoms with Crippen LogP contribution in [0.5, 0.6) is 5.75 Å². The predicted octanol–water partition coefficient (Wildman–Crippen LogP) is 1.64. The molecule has 2 aromatic carbocycles. The van der Waals surface area contributed by atoms with E-state index in [0.29, 0.717) is 11.3 Å². The van der Waals surface area contributed by atoms with Crippen LogP contribution in [0.25, 0.3) is 0 Å². The van der Waals surface area contributed by atoms with Gasteiger partial charge in [-0.15, -0.1) is 0 Å². The highest BCUT2D eigenvalue weighted by molar-refractivity contribution is 5.72. The van der Waals surface area contributed by atoms with Crippen molar-refractivity contribution >= 4 is 17.1 Å². The Morgan fingerprint density at radius 1 is 1.30 bits per heavy atom. The number of nitro groups is 1. The number of non-ortho nitro benzene ring substituents is 1. The molecule has 1 N–H and O–H groups in total. The first-order valence-corrected chi connectivity index (χ1v) is 5.93. The third kappa shape index (κ3) is 2.25. The number of rotatable bonds is 5. The fourth-order valence-electron chi connectivity index (χ4n) is 1.76. The maximum absolute atomic E-state index is 11.5. The van der Waals surface area contributed by atoms with Crippen LogP contribution in [0.2, 0.25) is 0 Å². The number of nitrogens with one attached hydrogen (secondary N) is 1. The Morgan fingerprint density at radius 2 is 2.00 bits per heavy atom. The molecule has 0 bridgehead atoms. The van der Waals surface area contributed by atoms with E-state index in [1.54, 1.807) is 19.9 Å². The maximum atomic E-state index is 11.5. The van der Waals surface area contributed by atoms with Gasteiger partial charge in [0.2, 0.25) is 0 Å². The fraction of sp³-hybridized carbons (Fsp3) is 0.231. The molecular weight excluding hydrogens is 264 g/mol. The molecule has 0 unspecified atom stereocenters. The molecule has 104 valence electrons. The summed E-state index contributed by atoms with van der Waals surface area (Å²) in [7, 11) is 0. The zero-order valence-corrected chi connectivity index (χ0v) is 10.9. The first-order chi connectivity index (χ1) is 9.45. The minimum atomic E-state index is -0.683. The van der Waals surface area contributed by atoms with Crippen LogP contribution in [-0.4, -0.2) is 11.5 Å². The third-order valence-electron chi connectivity index (χ3n) is 2.85. The summed E-state index contributed by atoms with van der Waals surface area (Å²) in [5, 5.41) is 13.5. The summed E-state index contributed by atoms with van der Waals surface area (Å²) in [6.07, 6.45) is 0. The van der Waals surface area contributed by atoms with E-state index in [1.807, 2.05) is 0 Å². The lowest BCUT2D eigenvalue weighted by Gasteiger charge is -2.14. The first kappa shape index (κ1) is 13.7. The molecular formula is C13H12N2O5. The molecule has 2 aromatic rings. The van der Waals surface area contributed by atoms with Crippen molar-refractivity contribution < 1.29 is 9.66 Å². The second-order valence-electron chi connectivity index (χ2n) is 4.18. The Kier molecular flexibility index (Phi) is 3.51. The van der Waals surface area contributed by atoms with Crippen LogP contribution in [0.3, 0.4) is 0 Å². The number of anilines is 2. The van der Waals surface area contributed by atoms with Crippen molar-refractivity contribution in [1.82, 2.24) is 0 Å². The van der Waals surface area contributed by atoms with Crippen molar-refractivity contribution in [2.75, 3.05) is 11.9 Å². The van der Waals surface area contributed by atoms with Gasteiger partial charge >= 0.3 is 0 Å². The molecule has 7 heteroatoms. The Bertz CT molecular complexity index is 744. The van der Waals surface area contributed by atoms with Crippen molar-refractivity contribution in [2.24, 2.45) is 0 Å². The molecule has 0 amide bonds. The average molecular weight is 276 g/mol. The van der Waals surface area contributed by atoms with Crippen molar-refractivity contribution in [3.05, 3.63) is 54.3 Å². The highest BCUT2D eigenvalue weighted by atomic mass is 16.6. The van der Waals surface area contributed by atoms with Crippen molar-refractivity contribution in [2.45, 2.75) is 13.8 Å². The van der Waals surface area contributed by atoms with Gasteiger partial charge in [0.15, 0.2) is 5.75 Å². The van der Waals surface area contributed by atoms with Gasteiger partial charge in [0.05, 0.1) is 11.5 Å². The van der Waals surface area contributed by atoms with Crippen LogP contribution in [0.4, 0.5) is 17.1 Å². The summed E-state index contributed by atoms with van der Waals surface area (Å²) in [6, 6.07) is 4.24. The Morgan fingerprint density at radius 3 is 2.60 bits per heavy atom. The van der Waals surface area contributed by atoms with E-state index in [2.05, 4.69) is 5.32 Å². The molecule has 0 spiro atoms. The molecule has 0 heterocycles. The van der Waals surface area contributed by atoms with Gasteiger partial charge in [0.25, 0.3) is 16.5 Å². The molecule has 7 nitrogen and oxygen atoms in total. The minimum Gasteiger partial charge on any atom is -0.488 e.